The van der Waals surface area contributed by atoms with Crippen molar-refractivity contribution in [2.24, 2.45) is 0 Å². The first-order valence-corrected chi connectivity index (χ1v) is 10.8. The Kier molecular flexibility index (Phi) is 5.23. The average Bonchev–Trinajstić information content (AvgIpc) is 2.86. The summed E-state index contributed by atoms with van der Waals surface area (Å²) in [5, 5.41) is 0. The average molecular weight is 425 g/mol. The predicted octanol–water partition coefficient (Wildman–Crippen LogP) is 4.02. The monoisotopic (exact) mass is 424 g/mol. The van der Waals surface area contributed by atoms with E-state index in [9.17, 15) is 9.59 Å². The number of fused-ring (bicyclic) bond motifs is 2. The molecule has 1 aliphatic carbocycles. The summed E-state index contributed by atoms with van der Waals surface area (Å²) in [6, 6.07) is 23.1. The molecule has 3 aromatic carbocycles. The third-order valence-electron chi connectivity index (χ3n) is 6.22. The number of ether oxygens (including phenoxy) is 1. The second-order valence-corrected chi connectivity index (χ2v) is 7.99. The standard InChI is InChI=1S/C27H24N2O3/c1-32-20-12-10-19(11-13-20)28-14-16-29(17-15-28)26(30)18-25-21-6-2-4-8-23(21)27(31)24-9-5-3-7-22(24)25/h2-13,18H,14-17H2,1H3. The van der Waals surface area contributed by atoms with Crippen LogP contribution in [0.5, 0.6) is 5.75 Å². The minimum Gasteiger partial charge on any atom is -0.497 e. The van der Waals surface area contributed by atoms with Gasteiger partial charge in [-0.1, -0.05) is 48.5 Å². The fourth-order valence-electron chi connectivity index (χ4n) is 4.47. The van der Waals surface area contributed by atoms with Crippen LogP contribution in [0.25, 0.3) is 5.57 Å². The zero-order valence-corrected chi connectivity index (χ0v) is 18.0. The molecule has 1 aliphatic heterocycles. The van der Waals surface area contributed by atoms with Gasteiger partial charge in [-0.2, -0.15) is 0 Å². The third-order valence-corrected chi connectivity index (χ3v) is 6.22. The lowest BCUT2D eigenvalue weighted by Crippen LogP contribution is -2.48. The Hall–Kier alpha value is -3.86. The molecule has 5 nitrogen and oxygen atoms in total. The first-order chi connectivity index (χ1) is 15.7. The summed E-state index contributed by atoms with van der Waals surface area (Å²) in [7, 11) is 1.66. The number of rotatable bonds is 3. The number of carbonyl (C=O) groups excluding carboxylic acids is 2. The fourth-order valence-corrected chi connectivity index (χ4v) is 4.47. The van der Waals surface area contributed by atoms with Gasteiger partial charge in [-0.3, -0.25) is 9.59 Å². The van der Waals surface area contributed by atoms with Crippen molar-refractivity contribution in [1.29, 1.82) is 0 Å². The molecule has 32 heavy (non-hydrogen) atoms. The Morgan fingerprint density at radius 1 is 0.781 bits per heavy atom. The topological polar surface area (TPSA) is 49.9 Å². The van der Waals surface area contributed by atoms with Gasteiger partial charge in [0.2, 0.25) is 5.91 Å². The minimum absolute atomic E-state index is 0.00825. The first kappa shape index (κ1) is 20.1. The number of carbonyl (C=O) groups is 2. The van der Waals surface area contributed by atoms with Gasteiger partial charge in [0.25, 0.3) is 0 Å². The summed E-state index contributed by atoms with van der Waals surface area (Å²) in [4.78, 5) is 30.3. The van der Waals surface area contributed by atoms with E-state index in [1.165, 1.54) is 0 Å². The van der Waals surface area contributed by atoms with E-state index >= 15 is 0 Å². The smallest absolute Gasteiger partial charge is 0.247 e. The molecule has 0 atom stereocenters. The van der Waals surface area contributed by atoms with Crippen LogP contribution in [0.4, 0.5) is 5.69 Å². The Morgan fingerprint density at radius 2 is 1.31 bits per heavy atom. The first-order valence-electron chi connectivity index (χ1n) is 10.8. The molecule has 0 saturated carbocycles. The van der Waals surface area contributed by atoms with Crippen molar-refractivity contribution in [1.82, 2.24) is 4.90 Å². The van der Waals surface area contributed by atoms with Crippen LogP contribution in [0, 0.1) is 0 Å². The van der Waals surface area contributed by atoms with Gasteiger partial charge in [0, 0.05) is 49.1 Å². The number of hydrogen-bond donors (Lipinski definition) is 0. The highest BCUT2D eigenvalue weighted by Crippen LogP contribution is 2.35. The summed E-state index contributed by atoms with van der Waals surface area (Å²) in [5.41, 5.74) is 4.88. The molecule has 1 heterocycles. The molecule has 1 amide bonds. The van der Waals surface area contributed by atoms with Crippen LogP contribution in [0.2, 0.25) is 0 Å². The summed E-state index contributed by atoms with van der Waals surface area (Å²) < 4.78 is 5.23. The molecule has 0 N–H and O–H groups in total. The van der Waals surface area contributed by atoms with E-state index < -0.39 is 0 Å². The van der Waals surface area contributed by atoms with Gasteiger partial charge in [0.1, 0.15) is 5.75 Å². The van der Waals surface area contributed by atoms with Crippen molar-refractivity contribution in [2.45, 2.75) is 0 Å². The van der Waals surface area contributed by atoms with Crippen molar-refractivity contribution >= 4 is 23.0 Å². The van der Waals surface area contributed by atoms with E-state index in [0.717, 1.165) is 41.2 Å². The van der Waals surface area contributed by atoms with E-state index in [4.69, 9.17) is 4.74 Å². The van der Waals surface area contributed by atoms with Crippen molar-refractivity contribution in [2.75, 3.05) is 38.2 Å². The molecule has 3 aromatic rings. The van der Waals surface area contributed by atoms with Gasteiger partial charge in [0.05, 0.1) is 7.11 Å². The number of ketones is 1. The van der Waals surface area contributed by atoms with Crippen molar-refractivity contribution in [3.8, 4) is 5.75 Å². The Morgan fingerprint density at radius 3 is 1.84 bits per heavy atom. The highest BCUT2D eigenvalue weighted by molar-refractivity contribution is 6.20. The van der Waals surface area contributed by atoms with Crippen LogP contribution in [0.1, 0.15) is 27.0 Å². The number of hydrogen-bond acceptors (Lipinski definition) is 4. The lowest BCUT2D eigenvalue weighted by atomic mass is 9.81. The zero-order valence-electron chi connectivity index (χ0n) is 18.0. The normalized spacial score (nSPS) is 15.2. The lowest BCUT2D eigenvalue weighted by molar-refractivity contribution is -0.126. The second kappa shape index (κ2) is 8.35. The molecular weight excluding hydrogens is 400 g/mol. The molecular formula is C27H24N2O3. The van der Waals surface area contributed by atoms with E-state index in [1.54, 1.807) is 13.2 Å². The highest BCUT2D eigenvalue weighted by Gasteiger charge is 2.28. The number of amides is 1. The zero-order chi connectivity index (χ0) is 22.1. The number of methoxy groups -OCH3 is 1. The lowest BCUT2D eigenvalue weighted by Gasteiger charge is -2.36. The van der Waals surface area contributed by atoms with Gasteiger partial charge in [0.15, 0.2) is 5.78 Å². The molecule has 0 unspecified atom stereocenters. The second-order valence-electron chi connectivity index (χ2n) is 7.99. The number of nitrogens with zero attached hydrogens (tertiary/aromatic N) is 2. The van der Waals surface area contributed by atoms with Crippen molar-refractivity contribution < 1.29 is 14.3 Å². The van der Waals surface area contributed by atoms with Crippen LogP contribution in [0.15, 0.2) is 78.9 Å². The Balaban J connectivity index is 1.37. The quantitative estimate of drug-likeness (QED) is 0.466. The van der Waals surface area contributed by atoms with Crippen molar-refractivity contribution in [3.63, 3.8) is 0 Å². The van der Waals surface area contributed by atoms with Crippen LogP contribution >= 0.6 is 0 Å². The molecule has 0 radical (unpaired) electrons. The maximum Gasteiger partial charge on any atom is 0.247 e. The maximum absolute atomic E-state index is 13.2. The molecule has 0 spiro atoms. The Labute approximate surface area is 187 Å². The molecule has 5 rings (SSSR count). The molecule has 5 heteroatoms. The van der Waals surface area contributed by atoms with Gasteiger partial charge in [-0.05, 0) is 41.0 Å². The number of benzene rings is 3. The Bertz CT molecular complexity index is 1150. The molecule has 160 valence electrons. The molecule has 0 bridgehead atoms. The number of anilines is 1. The van der Waals surface area contributed by atoms with Gasteiger partial charge in [-0.25, -0.2) is 0 Å². The highest BCUT2D eigenvalue weighted by atomic mass is 16.5. The van der Waals surface area contributed by atoms with E-state index in [0.29, 0.717) is 24.2 Å². The predicted molar refractivity (Wildman–Crippen MR) is 125 cm³/mol. The summed E-state index contributed by atoms with van der Waals surface area (Å²) >= 11 is 0. The van der Waals surface area contributed by atoms with Gasteiger partial charge < -0.3 is 14.5 Å². The molecule has 1 saturated heterocycles. The van der Waals surface area contributed by atoms with Crippen LogP contribution in [0.3, 0.4) is 0 Å². The summed E-state index contributed by atoms with van der Waals surface area (Å²) in [5.74, 6) is 0.822. The van der Waals surface area contributed by atoms with Crippen molar-refractivity contribution in [3.05, 3.63) is 101 Å². The molecule has 0 aromatic heterocycles. The summed E-state index contributed by atoms with van der Waals surface area (Å²) in [6.45, 7) is 2.84. The van der Waals surface area contributed by atoms with Gasteiger partial charge in [-0.15, -0.1) is 0 Å². The minimum atomic E-state index is -0.0201. The van der Waals surface area contributed by atoms with Gasteiger partial charge >= 0.3 is 0 Å². The largest absolute Gasteiger partial charge is 0.497 e. The van der Waals surface area contributed by atoms with E-state index in [-0.39, 0.29) is 11.7 Å². The van der Waals surface area contributed by atoms with Crippen LogP contribution in [-0.4, -0.2) is 49.9 Å². The van der Waals surface area contributed by atoms with E-state index in [1.807, 2.05) is 77.7 Å². The third kappa shape index (κ3) is 3.56. The molecule has 2 aliphatic rings. The number of piperazine rings is 1. The van der Waals surface area contributed by atoms with E-state index in [2.05, 4.69) is 4.90 Å². The van der Waals surface area contributed by atoms with Crippen LogP contribution in [-0.2, 0) is 4.79 Å². The molecule has 1 fully saturated rings. The SMILES string of the molecule is COc1ccc(N2CCN(C(=O)C=C3c4ccccc4C(=O)c4ccccc43)CC2)cc1. The fraction of sp³-hybridized carbons (Fsp3) is 0.185. The summed E-state index contributed by atoms with van der Waals surface area (Å²) in [6.07, 6.45) is 1.70. The maximum atomic E-state index is 13.2. The van der Waals surface area contributed by atoms with Crippen LogP contribution < -0.4 is 9.64 Å².